The van der Waals surface area contributed by atoms with Crippen LogP contribution >= 0.6 is 0 Å². The number of alkyl halides is 1. The maximum atomic E-state index is 14.5. The summed E-state index contributed by atoms with van der Waals surface area (Å²) in [5, 5.41) is 11.0. The fourth-order valence-corrected chi connectivity index (χ4v) is 2.37. The minimum absolute atomic E-state index is 0.119. The van der Waals surface area contributed by atoms with E-state index in [0.29, 0.717) is 5.69 Å². The van der Waals surface area contributed by atoms with Gasteiger partial charge in [0, 0.05) is 6.04 Å². The SMILES string of the molecule is FC(c1cnnn1-c1ccccc1)C1CCCN1. The first kappa shape index (κ1) is 11.3. The van der Waals surface area contributed by atoms with Crippen LogP contribution in [-0.4, -0.2) is 27.6 Å². The average Bonchev–Trinajstić information content (AvgIpc) is 3.10. The molecule has 2 heterocycles. The molecule has 94 valence electrons. The Morgan fingerprint density at radius 1 is 1.33 bits per heavy atom. The van der Waals surface area contributed by atoms with Crippen LogP contribution in [0.4, 0.5) is 4.39 Å². The molecule has 1 aromatic heterocycles. The van der Waals surface area contributed by atoms with Gasteiger partial charge in [0.15, 0.2) is 6.17 Å². The van der Waals surface area contributed by atoms with Gasteiger partial charge in [-0.25, -0.2) is 9.07 Å². The molecule has 1 aliphatic heterocycles. The number of benzene rings is 1. The van der Waals surface area contributed by atoms with E-state index in [2.05, 4.69) is 15.6 Å². The smallest absolute Gasteiger partial charge is 0.159 e. The number of hydrogen-bond acceptors (Lipinski definition) is 3. The van der Waals surface area contributed by atoms with E-state index < -0.39 is 6.17 Å². The lowest BCUT2D eigenvalue weighted by atomic mass is 10.1. The van der Waals surface area contributed by atoms with Crippen LogP contribution < -0.4 is 5.32 Å². The normalized spacial score (nSPS) is 21.1. The Morgan fingerprint density at radius 2 is 2.17 bits per heavy atom. The lowest BCUT2D eigenvalue weighted by molar-refractivity contribution is 0.260. The summed E-state index contributed by atoms with van der Waals surface area (Å²) >= 11 is 0. The second kappa shape index (κ2) is 4.86. The van der Waals surface area contributed by atoms with Gasteiger partial charge in [-0.1, -0.05) is 23.4 Å². The highest BCUT2D eigenvalue weighted by atomic mass is 19.1. The second-order valence-corrected chi connectivity index (χ2v) is 4.51. The Morgan fingerprint density at radius 3 is 2.89 bits per heavy atom. The summed E-state index contributed by atoms with van der Waals surface area (Å²) in [5.41, 5.74) is 1.35. The van der Waals surface area contributed by atoms with E-state index in [1.54, 1.807) is 4.68 Å². The number of nitrogens with one attached hydrogen (secondary N) is 1. The fraction of sp³-hybridized carbons (Fsp3) is 0.385. The van der Waals surface area contributed by atoms with E-state index in [4.69, 9.17) is 0 Å². The minimum atomic E-state index is -1.07. The van der Waals surface area contributed by atoms with Gasteiger partial charge in [0.2, 0.25) is 0 Å². The lowest BCUT2D eigenvalue weighted by Gasteiger charge is -2.16. The third-order valence-electron chi connectivity index (χ3n) is 3.31. The third kappa shape index (κ3) is 2.01. The van der Waals surface area contributed by atoms with Crippen molar-refractivity contribution < 1.29 is 4.39 Å². The fourth-order valence-electron chi connectivity index (χ4n) is 2.37. The van der Waals surface area contributed by atoms with Crippen LogP contribution in [0.2, 0.25) is 0 Å². The van der Waals surface area contributed by atoms with Crippen molar-refractivity contribution in [2.24, 2.45) is 0 Å². The molecule has 4 nitrogen and oxygen atoms in total. The van der Waals surface area contributed by atoms with Crippen molar-refractivity contribution in [2.75, 3.05) is 6.54 Å². The molecular weight excluding hydrogens is 231 g/mol. The van der Waals surface area contributed by atoms with E-state index >= 15 is 0 Å². The van der Waals surface area contributed by atoms with Gasteiger partial charge in [-0.05, 0) is 31.5 Å². The maximum absolute atomic E-state index is 14.5. The van der Waals surface area contributed by atoms with Gasteiger partial charge in [-0.2, -0.15) is 0 Å². The molecule has 5 heteroatoms. The quantitative estimate of drug-likeness (QED) is 0.901. The molecule has 0 bridgehead atoms. The number of halogens is 1. The molecule has 1 fully saturated rings. The van der Waals surface area contributed by atoms with Gasteiger partial charge < -0.3 is 5.32 Å². The van der Waals surface area contributed by atoms with Crippen molar-refractivity contribution in [3.05, 3.63) is 42.2 Å². The van der Waals surface area contributed by atoms with Crippen LogP contribution in [0.3, 0.4) is 0 Å². The Labute approximate surface area is 105 Å². The first-order valence-electron chi connectivity index (χ1n) is 6.20. The zero-order valence-corrected chi connectivity index (χ0v) is 9.96. The van der Waals surface area contributed by atoms with Gasteiger partial charge in [-0.15, -0.1) is 5.10 Å². The largest absolute Gasteiger partial charge is 0.311 e. The van der Waals surface area contributed by atoms with Gasteiger partial charge in [0.05, 0.1) is 11.9 Å². The third-order valence-corrected chi connectivity index (χ3v) is 3.31. The standard InChI is InChI=1S/C13H15FN4/c14-13(11-7-4-8-15-11)12-9-16-17-18(12)10-5-2-1-3-6-10/h1-3,5-6,9,11,13,15H,4,7-8H2. The van der Waals surface area contributed by atoms with Crippen LogP contribution in [0, 0.1) is 0 Å². The van der Waals surface area contributed by atoms with Crippen LogP contribution in [0.5, 0.6) is 0 Å². The maximum Gasteiger partial charge on any atom is 0.159 e. The number of nitrogens with zero attached hydrogens (tertiary/aromatic N) is 3. The van der Waals surface area contributed by atoms with E-state index in [1.165, 1.54) is 6.20 Å². The molecule has 1 aromatic carbocycles. The number of aromatic nitrogens is 3. The zero-order valence-electron chi connectivity index (χ0n) is 9.96. The van der Waals surface area contributed by atoms with Crippen LogP contribution in [-0.2, 0) is 0 Å². The molecule has 2 atom stereocenters. The first-order chi connectivity index (χ1) is 8.86. The summed E-state index contributed by atoms with van der Waals surface area (Å²) in [7, 11) is 0. The highest BCUT2D eigenvalue weighted by Gasteiger charge is 2.28. The molecule has 2 unspecified atom stereocenters. The summed E-state index contributed by atoms with van der Waals surface area (Å²) in [5.74, 6) is 0. The van der Waals surface area contributed by atoms with E-state index in [-0.39, 0.29) is 6.04 Å². The summed E-state index contributed by atoms with van der Waals surface area (Å²) in [4.78, 5) is 0. The van der Waals surface area contributed by atoms with E-state index in [9.17, 15) is 4.39 Å². The molecule has 0 aliphatic carbocycles. The molecule has 2 aromatic rings. The molecule has 0 amide bonds. The second-order valence-electron chi connectivity index (χ2n) is 4.51. The number of para-hydroxylation sites is 1. The topological polar surface area (TPSA) is 42.7 Å². The summed E-state index contributed by atoms with van der Waals surface area (Å²) < 4.78 is 16.0. The molecule has 0 saturated carbocycles. The van der Waals surface area contributed by atoms with Crippen LogP contribution in [0.1, 0.15) is 24.7 Å². The number of hydrogen-bond donors (Lipinski definition) is 1. The van der Waals surface area contributed by atoms with Gasteiger partial charge in [0.1, 0.15) is 5.69 Å². The minimum Gasteiger partial charge on any atom is -0.311 e. The highest BCUT2D eigenvalue weighted by Crippen LogP contribution is 2.27. The Kier molecular flexibility index (Phi) is 3.06. The Bertz CT molecular complexity index is 505. The molecule has 1 aliphatic rings. The van der Waals surface area contributed by atoms with Crippen molar-refractivity contribution >= 4 is 0 Å². The highest BCUT2D eigenvalue weighted by molar-refractivity contribution is 5.32. The predicted octanol–water partition coefficient (Wildman–Crippen LogP) is 2.03. The number of rotatable bonds is 3. The van der Waals surface area contributed by atoms with Crippen molar-refractivity contribution in [2.45, 2.75) is 25.1 Å². The summed E-state index contributed by atoms with van der Waals surface area (Å²) in [6.45, 7) is 0.887. The van der Waals surface area contributed by atoms with Gasteiger partial charge in [0.25, 0.3) is 0 Å². The van der Waals surface area contributed by atoms with Crippen LogP contribution in [0.25, 0.3) is 5.69 Å². The molecule has 1 saturated heterocycles. The molecule has 1 N–H and O–H groups in total. The van der Waals surface area contributed by atoms with Gasteiger partial charge >= 0.3 is 0 Å². The van der Waals surface area contributed by atoms with Crippen molar-refractivity contribution in [1.82, 2.24) is 20.3 Å². The monoisotopic (exact) mass is 246 g/mol. The first-order valence-corrected chi connectivity index (χ1v) is 6.20. The molecule has 3 rings (SSSR count). The van der Waals surface area contributed by atoms with Crippen molar-refractivity contribution in [3.63, 3.8) is 0 Å². The summed E-state index contributed by atoms with van der Waals surface area (Å²) in [6, 6.07) is 9.40. The Hall–Kier alpha value is -1.75. The van der Waals surface area contributed by atoms with Crippen molar-refractivity contribution in [3.8, 4) is 5.69 Å². The average molecular weight is 246 g/mol. The summed E-state index contributed by atoms with van der Waals surface area (Å²) in [6.07, 6.45) is 2.33. The van der Waals surface area contributed by atoms with Crippen molar-refractivity contribution in [1.29, 1.82) is 0 Å². The molecule has 0 spiro atoms. The molecule has 0 radical (unpaired) electrons. The predicted molar refractivity (Wildman–Crippen MR) is 66.2 cm³/mol. The Balaban J connectivity index is 1.91. The zero-order chi connectivity index (χ0) is 12.4. The molecule has 18 heavy (non-hydrogen) atoms. The van der Waals surface area contributed by atoms with Gasteiger partial charge in [-0.3, -0.25) is 0 Å². The van der Waals surface area contributed by atoms with E-state index in [0.717, 1.165) is 25.1 Å². The lowest BCUT2D eigenvalue weighted by Crippen LogP contribution is -2.27. The molecular formula is C13H15FN4. The van der Waals surface area contributed by atoms with Crippen LogP contribution in [0.15, 0.2) is 36.5 Å². The van der Waals surface area contributed by atoms with E-state index in [1.807, 2.05) is 30.3 Å².